The molecule has 9 heteroatoms. The van der Waals surface area contributed by atoms with E-state index in [1.165, 1.54) is 11.8 Å². The Labute approximate surface area is 164 Å². The van der Waals surface area contributed by atoms with Crippen LogP contribution in [0.1, 0.15) is 12.7 Å². The summed E-state index contributed by atoms with van der Waals surface area (Å²) < 4.78 is 7.29. The molecule has 3 rings (SSSR count). The number of halogens is 2. The second-order valence-electron chi connectivity index (χ2n) is 5.44. The lowest BCUT2D eigenvalue weighted by atomic mass is 10.2. The number of furan rings is 1. The third-order valence-corrected chi connectivity index (χ3v) is 5.01. The molecule has 0 aliphatic carbocycles. The molecule has 0 aliphatic rings. The first-order valence-corrected chi connectivity index (χ1v) is 9.58. The van der Waals surface area contributed by atoms with Crippen LogP contribution in [-0.2, 0) is 11.3 Å². The molecule has 2 aromatic heterocycles. The van der Waals surface area contributed by atoms with Crippen LogP contribution in [0.4, 0.5) is 5.69 Å². The average molecular weight is 411 g/mol. The van der Waals surface area contributed by atoms with Crippen molar-refractivity contribution in [2.24, 2.45) is 0 Å². The summed E-state index contributed by atoms with van der Waals surface area (Å²) >= 11 is 13.2. The lowest BCUT2D eigenvalue weighted by molar-refractivity contribution is -0.113. The number of hydrogen-bond donors (Lipinski definition) is 1. The molecule has 26 heavy (non-hydrogen) atoms. The van der Waals surface area contributed by atoms with E-state index in [0.29, 0.717) is 27.4 Å². The van der Waals surface area contributed by atoms with Crippen LogP contribution in [0.25, 0.3) is 11.4 Å². The zero-order chi connectivity index (χ0) is 18.7. The van der Waals surface area contributed by atoms with Crippen LogP contribution in [-0.4, -0.2) is 26.4 Å². The summed E-state index contributed by atoms with van der Waals surface area (Å²) in [5.41, 5.74) is 1.45. The molecule has 2 heterocycles. The zero-order valence-electron chi connectivity index (χ0n) is 14.1. The van der Waals surface area contributed by atoms with E-state index in [0.717, 1.165) is 17.1 Å². The van der Waals surface area contributed by atoms with E-state index < -0.39 is 0 Å². The first-order chi connectivity index (χ1) is 12.5. The average Bonchev–Trinajstić information content (AvgIpc) is 3.17. The minimum absolute atomic E-state index is 0.181. The fraction of sp³-hybridized carbons (Fsp3) is 0.235. The Morgan fingerprint density at radius 1 is 1.27 bits per heavy atom. The van der Waals surface area contributed by atoms with Gasteiger partial charge in [-0.25, -0.2) is 0 Å². The molecule has 1 amide bonds. The van der Waals surface area contributed by atoms with Gasteiger partial charge in [0.05, 0.1) is 17.6 Å². The van der Waals surface area contributed by atoms with Gasteiger partial charge >= 0.3 is 0 Å². The molecule has 1 aromatic carbocycles. The van der Waals surface area contributed by atoms with Gasteiger partial charge in [-0.05, 0) is 38.1 Å². The minimum Gasteiger partial charge on any atom is -0.469 e. The number of benzene rings is 1. The van der Waals surface area contributed by atoms with Gasteiger partial charge in [0.15, 0.2) is 11.0 Å². The molecule has 136 valence electrons. The van der Waals surface area contributed by atoms with Crippen LogP contribution in [0.2, 0.25) is 10.0 Å². The summed E-state index contributed by atoms with van der Waals surface area (Å²) in [4.78, 5) is 12.2. The van der Waals surface area contributed by atoms with Crippen molar-refractivity contribution in [3.05, 3.63) is 46.3 Å². The zero-order valence-corrected chi connectivity index (χ0v) is 16.5. The number of rotatable bonds is 6. The van der Waals surface area contributed by atoms with Gasteiger partial charge in [0, 0.05) is 22.3 Å². The van der Waals surface area contributed by atoms with Gasteiger partial charge in [-0.3, -0.25) is 4.79 Å². The molecule has 1 N–H and O–H groups in total. The van der Waals surface area contributed by atoms with Gasteiger partial charge in [0.25, 0.3) is 0 Å². The Kier molecular flexibility index (Phi) is 5.90. The predicted octanol–water partition coefficient (Wildman–Crippen LogP) is 4.90. The maximum Gasteiger partial charge on any atom is 0.234 e. The molecule has 0 saturated carbocycles. The summed E-state index contributed by atoms with van der Waals surface area (Å²) in [6.45, 7) is 4.56. The molecule has 0 fully saturated rings. The Hall–Kier alpha value is -1.96. The summed E-state index contributed by atoms with van der Waals surface area (Å²) in [5.74, 6) is 1.51. The summed E-state index contributed by atoms with van der Waals surface area (Å²) in [6.07, 6.45) is 1.62. The van der Waals surface area contributed by atoms with Gasteiger partial charge in [0.2, 0.25) is 5.91 Å². The van der Waals surface area contributed by atoms with E-state index in [-0.39, 0.29) is 11.7 Å². The smallest absolute Gasteiger partial charge is 0.234 e. The number of carbonyl (C=O) groups is 1. The SMILES string of the molecule is CCn1c(SCC(=O)Nc2cc(Cl)cc(Cl)c2)nnc1-c1ccoc1C. The van der Waals surface area contributed by atoms with Gasteiger partial charge < -0.3 is 14.3 Å². The Bertz CT molecular complexity index is 918. The molecule has 0 saturated heterocycles. The van der Waals surface area contributed by atoms with Crippen molar-refractivity contribution in [1.29, 1.82) is 0 Å². The summed E-state index contributed by atoms with van der Waals surface area (Å²) in [5, 5.41) is 12.8. The number of amides is 1. The van der Waals surface area contributed by atoms with E-state index >= 15 is 0 Å². The van der Waals surface area contributed by atoms with Crippen LogP contribution >= 0.6 is 35.0 Å². The lowest BCUT2D eigenvalue weighted by Gasteiger charge is -2.08. The highest BCUT2D eigenvalue weighted by atomic mass is 35.5. The number of nitrogens with zero attached hydrogens (tertiary/aromatic N) is 3. The Morgan fingerprint density at radius 3 is 2.62 bits per heavy atom. The van der Waals surface area contributed by atoms with Crippen LogP contribution in [0.15, 0.2) is 40.1 Å². The fourth-order valence-electron chi connectivity index (χ4n) is 2.45. The van der Waals surface area contributed by atoms with Crippen LogP contribution in [0.3, 0.4) is 0 Å². The van der Waals surface area contributed by atoms with E-state index in [1.54, 1.807) is 24.5 Å². The highest BCUT2D eigenvalue weighted by Crippen LogP contribution is 2.27. The van der Waals surface area contributed by atoms with Crippen LogP contribution < -0.4 is 5.32 Å². The number of hydrogen-bond acceptors (Lipinski definition) is 5. The molecular formula is C17H16Cl2N4O2S. The number of thioether (sulfide) groups is 1. The van der Waals surface area contributed by atoms with Crippen molar-refractivity contribution in [1.82, 2.24) is 14.8 Å². The molecule has 0 spiro atoms. The van der Waals surface area contributed by atoms with Gasteiger partial charge in [-0.15, -0.1) is 10.2 Å². The van der Waals surface area contributed by atoms with Crippen LogP contribution in [0.5, 0.6) is 0 Å². The molecule has 0 bridgehead atoms. The Balaban J connectivity index is 1.69. The van der Waals surface area contributed by atoms with E-state index in [2.05, 4.69) is 15.5 Å². The van der Waals surface area contributed by atoms with Gasteiger partial charge in [0.1, 0.15) is 5.76 Å². The Morgan fingerprint density at radius 2 is 2.00 bits per heavy atom. The second kappa shape index (κ2) is 8.16. The maximum absolute atomic E-state index is 12.2. The van der Waals surface area contributed by atoms with Crippen molar-refractivity contribution >= 4 is 46.6 Å². The third-order valence-electron chi connectivity index (χ3n) is 3.61. The molecular weight excluding hydrogens is 395 g/mol. The van der Waals surface area contributed by atoms with Crippen molar-refractivity contribution in [3.8, 4) is 11.4 Å². The lowest BCUT2D eigenvalue weighted by Crippen LogP contribution is -2.14. The normalized spacial score (nSPS) is 10.9. The van der Waals surface area contributed by atoms with Gasteiger partial charge in [-0.2, -0.15) is 0 Å². The van der Waals surface area contributed by atoms with Crippen molar-refractivity contribution in [2.75, 3.05) is 11.1 Å². The van der Waals surface area contributed by atoms with E-state index in [9.17, 15) is 4.79 Å². The summed E-state index contributed by atoms with van der Waals surface area (Å²) in [7, 11) is 0. The number of aryl methyl sites for hydroxylation is 1. The standard InChI is InChI=1S/C17H16Cl2N4O2S/c1-3-23-16(14-4-5-25-10(14)2)21-22-17(23)26-9-15(24)20-13-7-11(18)6-12(19)8-13/h4-8H,3,9H2,1-2H3,(H,20,24). The third kappa shape index (κ3) is 4.23. The molecule has 6 nitrogen and oxygen atoms in total. The van der Waals surface area contributed by atoms with Crippen molar-refractivity contribution in [2.45, 2.75) is 25.5 Å². The van der Waals surface area contributed by atoms with E-state index in [1.807, 2.05) is 24.5 Å². The van der Waals surface area contributed by atoms with Crippen molar-refractivity contribution < 1.29 is 9.21 Å². The topological polar surface area (TPSA) is 73.0 Å². The highest BCUT2D eigenvalue weighted by Gasteiger charge is 2.17. The second-order valence-corrected chi connectivity index (χ2v) is 7.25. The first-order valence-electron chi connectivity index (χ1n) is 7.84. The molecule has 0 radical (unpaired) electrons. The quantitative estimate of drug-likeness (QED) is 0.584. The molecule has 0 aliphatic heterocycles. The van der Waals surface area contributed by atoms with E-state index in [4.69, 9.17) is 27.6 Å². The molecule has 0 atom stereocenters. The highest BCUT2D eigenvalue weighted by molar-refractivity contribution is 7.99. The number of carbonyl (C=O) groups excluding carboxylic acids is 1. The minimum atomic E-state index is -0.181. The number of aromatic nitrogens is 3. The number of nitrogens with one attached hydrogen (secondary N) is 1. The largest absolute Gasteiger partial charge is 0.469 e. The fourth-order valence-corrected chi connectivity index (χ4v) is 3.78. The van der Waals surface area contributed by atoms with Crippen molar-refractivity contribution in [3.63, 3.8) is 0 Å². The maximum atomic E-state index is 12.2. The van der Waals surface area contributed by atoms with Crippen LogP contribution in [0, 0.1) is 6.92 Å². The monoisotopic (exact) mass is 410 g/mol. The predicted molar refractivity (Wildman–Crippen MR) is 104 cm³/mol. The number of anilines is 1. The molecule has 3 aromatic rings. The molecule has 0 unspecified atom stereocenters. The summed E-state index contributed by atoms with van der Waals surface area (Å²) in [6, 6.07) is 6.75. The van der Waals surface area contributed by atoms with Gasteiger partial charge in [-0.1, -0.05) is 35.0 Å². The first kappa shape index (κ1) is 18.8.